The van der Waals surface area contributed by atoms with Gasteiger partial charge >= 0.3 is 0 Å². The molecular weight excluding hydrogens is 136 g/mol. The Morgan fingerprint density at radius 1 is 1.64 bits per heavy atom. The maximum atomic E-state index is 8.43. The van der Waals surface area contributed by atoms with Crippen molar-refractivity contribution in [3.05, 3.63) is 12.2 Å². The van der Waals surface area contributed by atoms with E-state index in [0.717, 1.165) is 19.5 Å². The number of nitrogens with one attached hydrogen (secondary N) is 1. The summed E-state index contributed by atoms with van der Waals surface area (Å²) in [5.41, 5.74) is 0. The Morgan fingerprint density at radius 3 is 2.91 bits per heavy atom. The highest BCUT2D eigenvalue weighted by atomic mass is 14.8. The summed E-state index contributed by atoms with van der Waals surface area (Å²) in [6.45, 7) is 5.70. The summed E-state index contributed by atoms with van der Waals surface area (Å²) in [6.07, 6.45) is 5.20. The van der Waals surface area contributed by atoms with Crippen LogP contribution >= 0.6 is 0 Å². The molecule has 0 aliphatic carbocycles. The molecule has 0 rings (SSSR count). The molecule has 0 heterocycles. The minimum Gasteiger partial charge on any atom is -0.315 e. The molecule has 0 spiro atoms. The van der Waals surface area contributed by atoms with E-state index < -0.39 is 0 Å². The summed E-state index contributed by atoms with van der Waals surface area (Å²) in [4.78, 5) is 0. The first-order valence-corrected chi connectivity index (χ1v) is 4.02. The minimum absolute atomic E-state index is 0.126. The number of rotatable bonds is 5. The average Bonchev–Trinajstić information content (AvgIpc) is 2.04. The van der Waals surface area contributed by atoms with Crippen LogP contribution in [-0.2, 0) is 0 Å². The van der Waals surface area contributed by atoms with Crippen LogP contribution in [0.3, 0.4) is 0 Å². The second kappa shape index (κ2) is 7.30. The molecule has 1 N–H and O–H groups in total. The zero-order valence-electron chi connectivity index (χ0n) is 7.30. The van der Waals surface area contributed by atoms with Gasteiger partial charge in [-0.05, 0) is 26.8 Å². The topological polar surface area (TPSA) is 35.8 Å². The lowest BCUT2D eigenvalue weighted by molar-refractivity contribution is 0.606. The molecule has 0 aromatic carbocycles. The number of allylic oxidation sites excluding steroid dienone is 1. The summed E-state index contributed by atoms with van der Waals surface area (Å²) in [7, 11) is 0. The number of nitriles is 1. The normalized spacial score (nSPS) is 13.2. The van der Waals surface area contributed by atoms with E-state index in [0.29, 0.717) is 0 Å². The minimum atomic E-state index is 0.126. The quantitative estimate of drug-likeness (QED) is 0.481. The average molecular weight is 152 g/mol. The third kappa shape index (κ3) is 7.08. The van der Waals surface area contributed by atoms with Crippen molar-refractivity contribution in [2.24, 2.45) is 5.92 Å². The number of nitrogens with zero attached hydrogens (tertiary/aromatic N) is 1. The molecule has 0 aliphatic rings. The zero-order chi connectivity index (χ0) is 8.53. The lowest BCUT2D eigenvalue weighted by atomic mass is 10.2. The van der Waals surface area contributed by atoms with Gasteiger partial charge < -0.3 is 5.32 Å². The molecule has 0 fully saturated rings. The smallest absolute Gasteiger partial charge is 0.0666 e. The first-order chi connectivity index (χ1) is 5.31. The Bertz CT molecular complexity index is 144. The number of hydrogen-bond acceptors (Lipinski definition) is 2. The Kier molecular flexibility index (Phi) is 6.76. The van der Waals surface area contributed by atoms with Crippen molar-refractivity contribution in [3.8, 4) is 6.07 Å². The Hall–Kier alpha value is -0.810. The van der Waals surface area contributed by atoms with Gasteiger partial charge in [-0.15, -0.1) is 0 Å². The summed E-state index contributed by atoms with van der Waals surface area (Å²) in [5.74, 6) is 0.126. The van der Waals surface area contributed by atoms with Crippen LogP contribution in [-0.4, -0.2) is 13.1 Å². The molecule has 2 heteroatoms. The van der Waals surface area contributed by atoms with Gasteiger partial charge in [-0.3, -0.25) is 0 Å². The van der Waals surface area contributed by atoms with Crippen LogP contribution < -0.4 is 5.32 Å². The van der Waals surface area contributed by atoms with Gasteiger partial charge in [-0.25, -0.2) is 0 Å². The highest BCUT2D eigenvalue weighted by molar-refractivity contribution is 4.81. The van der Waals surface area contributed by atoms with Crippen molar-refractivity contribution in [2.75, 3.05) is 13.1 Å². The van der Waals surface area contributed by atoms with E-state index in [1.807, 2.05) is 19.9 Å². The maximum absolute atomic E-state index is 8.43. The van der Waals surface area contributed by atoms with Gasteiger partial charge in [0.25, 0.3) is 0 Å². The predicted octanol–water partition coefficient (Wildman–Crippen LogP) is 1.70. The molecule has 0 aromatic heterocycles. The Morgan fingerprint density at radius 2 is 2.36 bits per heavy atom. The van der Waals surface area contributed by atoms with E-state index in [-0.39, 0.29) is 5.92 Å². The SMILES string of the molecule is C/C=C/CCNCC(C)C#N. The van der Waals surface area contributed by atoms with E-state index in [4.69, 9.17) is 5.26 Å². The third-order valence-electron chi connectivity index (χ3n) is 1.39. The largest absolute Gasteiger partial charge is 0.315 e. The molecular formula is C9H16N2. The molecule has 0 radical (unpaired) electrons. The van der Waals surface area contributed by atoms with E-state index >= 15 is 0 Å². The fraction of sp³-hybridized carbons (Fsp3) is 0.667. The van der Waals surface area contributed by atoms with Crippen LogP contribution in [0.4, 0.5) is 0 Å². The first kappa shape index (κ1) is 10.2. The van der Waals surface area contributed by atoms with Gasteiger partial charge in [-0.2, -0.15) is 5.26 Å². The van der Waals surface area contributed by atoms with Gasteiger partial charge in [0.1, 0.15) is 0 Å². The van der Waals surface area contributed by atoms with Crippen LogP contribution in [0.1, 0.15) is 20.3 Å². The van der Waals surface area contributed by atoms with E-state index in [1.165, 1.54) is 0 Å². The highest BCUT2D eigenvalue weighted by Crippen LogP contribution is 1.87. The van der Waals surface area contributed by atoms with Crippen molar-refractivity contribution < 1.29 is 0 Å². The molecule has 1 unspecified atom stereocenters. The molecule has 2 nitrogen and oxygen atoms in total. The molecule has 62 valence electrons. The molecule has 0 amide bonds. The second-order valence-corrected chi connectivity index (χ2v) is 2.59. The molecule has 11 heavy (non-hydrogen) atoms. The summed E-state index contributed by atoms with van der Waals surface area (Å²) in [5, 5.41) is 11.6. The van der Waals surface area contributed by atoms with E-state index in [2.05, 4.69) is 17.5 Å². The highest BCUT2D eigenvalue weighted by Gasteiger charge is 1.95. The van der Waals surface area contributed by atoms with Gasteiger partial charge in [0.2, 0.25) is 0 Å². The lowest BCUT2D eigenvalue weighted by Crippen LogP contribution is -2.20. The molecule has 0 aliphatic heterocycles. The van der Waals surface area contributed by atoms with E-state index in [9.17, 15) is 0 Å². The van der Waals surface area contributed by atoms with Gasteiger partial charge in [0.15, 0.2) is 0 Å². The van der Waals surface area contributed by atoms with Crippen molar-refractivity contribution >= 4 is 0 Å². The maximum Gasteiger partial charge on any atom is 0.0666 e. The van der Waals surface area contributed by atoms with Gasteiger partial charge in [0, 0.05) is 6.54 Å². The monoisotopic (exact) mass is 152 g/mol. The van der Waals surface area contributed by atoms with Crippen molar-refractivity contribution in [2.45, 2.75) is 20.3 Å². The fourth-order valence-electron chi connectivity index (χ4n) is 0.716. The summed E-state index contributed by atoms with van der Waals surface area (Å²) < 4.78 is 0. The summed E-state index contributed by atoms with van der Waals surface area (Å²) >= 11 is 0. The molecule has 0 saturated heterocycles. The fourth-order valence-corrected chi connectivity index (χ4v) is 0.716. The van der Waals surface area contributed by atoms with Crippen LogP contribution in [0.15, 0.2) is 12.2 Å². The van der Waals surface area contributed by atoms with Crippen molar-refractivity contribution in [1.82, 2.24) is 5.32 Å². The van der Waals surface area contributed by atoms with Gasteiger partial charge in [0.05, 0.1) is 12.0 Å². The van der Waals surface area contributed by atoms with Gasteiger partial charge in [-0.1, -0.05) is 12.2 Å². The van der Waals surface area contributed by atoms with Crippen molar-refractivity contribution in [3.63, 3.8) is 0 Å². The first-order valence-electron chi connectivity index (χ1n) is 4.02. The predicted molar refractivity (Wildman–Crippen MR) is 47.1 cm³/mol. The molecule has 0 aromatic rings. The van der Waals surface area contributed by atoms with Crippen LogP contribution in [0.25, 0.3) is 0 Å². The number of hydrogen-bond donors (Lipinski definition) is 1. The van der Waals surface area contributed by atoms with Crippen LogP contribution in [0.5, 0.6) is 0 Å². The summed E-state index contributed by atoms with van der Waals surface area (Å²) in [6, 6.07) is 2.18. The van der Waals surface area contributed by atoms with Crippen LogP contribution in [0, 0.1) is 17.2 Å². The second-order valence-electron chi connectivity index (χ2n) is 2.59. The molecule has 0 saturated carbocycles. The van der Waals surface area contributed by atoms with Crippen molar-refractivity contribution in [1.29, 1.82) is 5.26 Å². The standard InChI is InChI=1S/C9H16N2/c1-3-4-5-6-11-8-9(2)7-10/h3-4,9,11H,5-6,8H2,1-2H3/b4-3+. The third-order valence-corrected chi connectivity index (χ3v) is 1.39. The lowest BCUT2D eigenvalue weighted by Gasteiger charge is -2.02. The Labute approximate surface area is 68.9 Å². The molecule has 0 bridgehead atoms. The Balaban J connectivity index is 3.09. The van der Waals surface area contributed by atoms with E-state index in [1.54, 1.807) is 0 Å². The molecule has 1 atom stereocenters. The van der Waals surface area contributed by atoms with Crippen LogP contribution in [0.2, 0.25) is 0 Å². The zero-order valence-corrected chi connectivity index (χ0v) is 7.30.